The van der Waals surface area contributed by atoms with Gasteiger partial charge in [0.15, 0.2) is 0 Å². The summed E-state index contributed by atoms with van der Waals surface area (Å²) in [5, 5.41) is 0. The molecule has 8 nitrogen and oxygen atoms in total. The summed E-state index contributed by atoms with van der Waals surface area (Å²) in [6.45, 7) is 6.88. The molecule has 8 heteroatoms. The first-order chi connectivity index (χ1) is 15.5. The van der Waals surface area contributed by atoms with E-state index in [1.54, 1.807) is 19.0 Å². The molecule has 0 aliphatic carbocycles. The van der Waals surface area contributed by atoms with Crippen LogP contribution in [0.2, 0.25) is 0 Å². The van der Waals surface area contributed by atoms with Crippen molar-refractivity contribution in [3.8, 4) is 5.75 Å². The van der Waals surface area contributed by atoms with Crippen molar-refractivity contribution in [3.63, 3.8) is 0 Å². The second-order valence-corrected chi connectivity index (χ2v) is 8.75. The summed E-state index contributed by atoms with van der Waals surface area (Å²) in [6.07, 6.45) is 3.42. The molecule has 1 amide bonds. The van der Waals surface area contributed by atoms with Crippen LogP contribution < -0.4 is 14.5 Å². The number of nitrogens with zero attached hydrogens (tertiary/aromatic N) is 5. The molecule has 4 rings (SSSR count). The van der Waals surface area contributed by atoms with Crippen LogP contribution in [-0.4, -0.2) is 80.4 Å². The van der Waals surface area contributed by atoms with Gasteiger partial charge in [0.2, 0.25) is 11.9 Å². The topological polar surface area (TPSA) is 71.0 Å². The lowest BCUT2D eigenvalue weighted by Gasteiger charge is -2.27. The van der Waals surface area contributed by atoms with Crippen LogP contribution in [0.3, 0.4) is 0 Å². The molecule has 2 saturated heterocycles. The fourth-order valence-electron chi connectivity index (χ4n) is 4.09. The smallest absolute Gasteiger partial charge is 0.227 e. The number of ether oxygens (including phenoxy) is 2. The average molecular weight is 440 g/mol. The highest BCUT2D eigenvalue weighted by Crippen LogP contribution is 2.26. The van der Waals surface area contributed by atoms with Gasteiger partial charge in [-0.3, -0.25) is 4.79 Å². The summed E-state index contributed by atoms with van der Waals surface area (Å²) in [7, 11) is 3.59. The first kappa shape index (κ1) is 22.3. The molecule has 2 fully saturated rings. The number of hydrogen-bond donors (Lipinski definition) is 0. The molecule has 0 saturated carbocycles. The third-order valence-electron chi connectivity index (χ3n) is 6.12. The molecule has 1 unspecified atom stereocenters. The lowest BCUT2D eigenvalue weighted by atomic mass is 9.97. The number of benzene rings is 1. The maximum atomic E-state index is 12.0. The van der Waals surface area contributed by atoms with E-state index in [9.17, 15) is 4.79 Å². The van der Waals surface area contributed by atoms with E-state index in [0.29, 0.717) is 6.42 Å². The number of amides is 1. The molecular formula is C24H33N5O3. The summed E-state index contributed by atoms with van der Waals surface area (Å²) in [4.78, 5) is 27.3. The minimum Gasteiger partial charge on any atom is -0.489 e. The summed E-state index contributed by atoms with van der Waals surface area (Å²) in [5.41, 5.74) is 1.15. The van der Waals surface area contributed by atoms with Crippen molar-refractivity contribution in [2.24, 2.45) is 0 Å². The Hall–Kier alpha value is -2.87. The second kappa shape index (κ2) is 10.2. The Bertz CT molecular complexity index is 899. The van der Waals surface area contributed by atoms with Gasteiger partial charge in [-0.25, -0.2) is 4.98 Å². The van der Waals surface area contributed by atoms with Crippen LogP contribution in [-0.2, 0) is 9.53 Å². The van der Waals surface area contributed by atoms with E-state index in [1.807, 2.05) is 24.4 Å². The van der Waals surface area contributed by atoms with E-state index >= 15 is 0 Å². The van der Waals surface area contributed by atoms with Gasteiger partial charge < -0.3 is 24.2 Å². The molecule has 2 aliphatic rings. The minimum atomic E-state index is 0.121. The van der Waals surface area contributed by atoms with E-state index in [4.69, 9.17) is 14.5 Å². The molecule has 3 heterocycles. The summed E-state index contributed by atoms with van der Waals surface area (Å²) >= 11 is 0. The molecular weight excluding hydrogens is 406 g/mol. The number of anilines is 2. The van der Waals surface area contributed by atoms with Crippen molar-refractivity contribution in [2.45, 2.75) is 31.8 Å². The molecule has 0 spiro atoms. The Morgan fingerprint density at radius 2 is 1.91 bits per heavy atom. The van der Waals surface area contributed by atoms with Crippen LogP contribution in [0.25, 0.3) is 0 Å². The Balaban J connectivity index is 1.32. The quantitative estimate of drug-likeness (QED) is 0.657. The normalized spacial score (nSPS) is 19.7. The number of carbonyl (C=O) groups excluding carboxylic acids is 1. The maximum absolute atomic E-state index is 12.0. The highest BCUT2D eigenvalue weighted by atomic mass is 16.5. The van der Waals surface area contributed by atoms with Crippen molar-refractivity contribution >= 4 is 17.7 Å². The zero-order valence-corrected chi connectivity index (χ0v) is 19.2. The molecule has 1 aromatic carbocycles. The van der Waals surface area contributed by atoms with Crippen molar-refractivity contribution in [1.82, 2.24) is 14.9 Å². The minimum absolute atomic E-state index is 0.121. The Morgan fingerprint density at radius 3 is 2.62 bits per heavy atom. The molecule has 0 N–H and O–H groups in total. The van der Waals surface area contributed by atoms with Gasteiger partial charge in [0.05, 0.1) is 19.8 Å². The van der Waals surface area contributed by atoms with Gasteiger partial charge in [-0.1, -0.05) is 19.1 Å². The van der Waals surface area contributed by atoms with E-state index in [-0.39, 0.29) is 17.9 Å². The largest absolute Gasteiger partial charge is 0.489 e. The van der Waals surface area contributed by atoms with Gasteiger partial charge in [-0.05, 0) is 29.7 Å². The monoisotopic (exact) mass is 439 g/mol. The average Bonchev–Trinajstić information content (AvgIpc) is 3.28. The molecule has 0 radical (unpaired) electrons. The van der Waals surface area contributed by atoms with E-state index in [2.05, 4.69) is 33.8 Å². The summed E-state index contributed by atoms with van der Waals surface area (Å²) in [5.74, 6) is 2.91. The highest BCUT2D eigenvalue weighted by molar-refractivity contribution is 5.76. The Labute approximate surface area is 190 Å². The third kappa shape index (κ3) is 5.48. The molecule has 32 heavy (non-hydrogen) atoms. The molecule has 2 aromatic rings. The van der Waals surface area contributed by atoms with Crippen LogP contribution in [0.1, 0.15) is 31.2 Å². The van der Waals surface area contributed by atoms with Crippen molar-refractivity contribution in [1.29, 1.82) is 0 Å². The van der Waals surface area contributed by atoms with E-state index < -0.39 is 0 Å². The van der Waals surface area contributed by atoms with Crippen LogP contribution in [0.4, 0.5) is 11.8 Å². The first-order valence-corrected chi connectivity index (χ1v) is 11.4. The number of aromatic nitrogens is 2. The lowest BCUT2D eigenvalue weighted by Crippen LogP contribution is -2.37. The van der Waals surface area contributed by atoms with Gasteiger partial charge in [0.25, 0.3) is 0 Å². The van der Waals surface area contributed by atoms with Crippen molar-refractivity contribution in [2.75, 3.05) is 63.3 Å². The molecule has 172 valence electrons. The maximum Gasteiger partial charge on any atom is 0.227 e. The molecule has 0 bridgehead atoms. The van der Waals surface area contributed by atoms with E-state index in [0.717, 1.165) is 68.9 Å². The molecule has 2 aliphatic heterocycles. The highest BCUT2D eigenvalue weighted by Gasteiger charge is 2.26. The van der Waals surface area contributed by atoms with Gasteiger partial charge in [-0.15, -0.1) is 0 Å². The summed E-state index contributed by atoms with van der Waals surface area (Å²) in [6, 6.07) is 10.1. The Kier molecular flexibility index (Phi) is 7.09. The fraction of sp³-hybridized carbons (Fsp3) is 0.542. The van der Waals surface area contributed by atoms with Crippen LogP contribution >= 0.6 is 0 Å². The lowest BCUT2D eigenvalue weighted by molar-refractivity contribution is -0.129. The zero-order valence-electron chi connectivity index (χ0n) is 19.2. The van der Waals surface area contributed by atoms with Gasteiger partial charge >= 0.3 is 0 Å². The van der Waals surface area contributed by atoms with Gasteiger partial charge in [0, 0.05) is 52.8 Å². The first-order valence-electron chi connectivity index (χ1n) is 11.4. The fourth-order valence-corrected chi connectivity index (χ4v) is 4.09. The SMILES string of the molecule is C[C@H](CC(=O)N(C)C)c1ccc(OC2CCN(c3ccnc(N4CCOCC4)n3)C2)cc1. The summed E-state index contributed by atoms with van der Waals surface area (Å²) < 4.78 is 11.7. The van der Waals surface area contributed by atoms with Gasteiger partial charge in [-0.2, -0.15) is 4.98 Å². The van der Waals surface area contributed by atoms with Crippen molar-refractivity contribution < 1.29 is 14.3 Å². The standard InChI is InChI=1S/C24H33N5O3/c1-18(16-23(30)27(2)3)19-4-6-20(7-5-19)32-21-9-11-29(17-21)22-8-10-25-24(26-22)28-12-14-31-15-13-28/h4-8,10,18,21H,9,11-17H2,1-3H3/t18-,21?/m1/s1. The third-order valence-corrected chi connectivity index (χ3v) is 6.12. The molecule has 1 aromatic heterocycles. The number of morpholine rings is 1. The van der Waals surface area contributed by atoms with Crippen LogP contribution in [0.5, 0.6) is 5.75 Å². The van der Waals surface area contributed by atoms with Crippen LogP contribution in [0, 0.1) is 0 Å². The predicted octanol–water partition coefficient (Wildman–Crippen LogP) is 2.55. The van der Waals surface area contributed by atoms with Crippen molar-refractivity contribution in [3.05, 3.63) is 42.1 Å². The second-order valence-electron chi connectivity index (χ2n) is 8.75. The van der Waals surface area contributed by atoms with E-state index in [1.165, 1.54) is 0 Å². The predicted molar refractivity (Wildman–Crippen MR) is 124 cm³/mol. The Morgan fingerprint density at radius 1 is 1.16 bits per heavy atom. The number of carbonyl (C=O) groups is 1. The zero-order chi connectivity index (χ0) is 22.5. The number of rotatable bonds is 7. The van der Waals surface area contributed by atoms with Crippen LogP contribution in [0.15, 0.2) is 36.5 Å². The molecule has 2 atom stereocenters. The number of hydrogen-bond acceptors (Lipinski definition) is 7. The van der Waals surface area contributed by atoms with Gasteiger partial charge in [0.1, 0.15) is 17.7 Å².